The van der Waals surface area contributed by atoms with Gasteiger partial charge in [-0.25, -0.2) is 0 Å². The normalized spacial score (nSPS) is 13.5. The third-order valence-electron chi connectivity index (χ3n) is 12.8. The topological polar surface area (TPSA) is 78.9 Å². The molecule has 6 heteroatoms. The van der Waals surface area contributed by atoms with Crippen LogP contribution in [0.5, 0.6) is 0 Å². The molecule has 82 heavy (non-hydrogen) atoms. The van der Waals surface area contributed by atoms with Crippen molar-refractivity contribution in [3.8, 4) is 0 Å². The van der Waals surface area contributed by atoms with Gasteiger partial charge in [-0.15, -0.1) is 0 Å². The van der Waals surface area contributed by atoms with E-state index in [-0.39, 0.29) is 37.5 Å². The summed E-state index contributed by atoms with van der Waals surface area (Å²) in [6.07, 6.45) is 103. The van der Waals surface area contributed by atoms with Crippen LogP contribution in [0, 0.1) is 0 Å². The predicted octanol–water partition coefficient (Wildman–Crippen LogP) is 22.6. The fraction of sp³-hybridized carbons (Fsp3) is 0.539. The van der Waals surface area contributed by atoms with Crippen molar-refractivity contribution in [3.63, 3.8) is 0 Å². The predicted molar refractivity (Wildman–Crippen MR) is 357 cm³/mol. The third kappa shape index (κ3) is 65.1. The Morgan fingerprint density at radius 2 is 0.488 bits per heavy atom. The third-order valence-corrected chi connectivity index (χ3v) is 12.8. The van der Waals surface area contributed by atoms with E-state index in [0.717, 1.165) is 161 Å². The SMILES string of the molecule is CC/C=C\C/C=C\C/C=C\C/C=C\C/C=C\C/C=C\C/C=C\C/C=C\C/C=C\CCCCCCCCCC(=O)OCC(COC(=O)CCCCCCCC)OC(=O)CCC/C=C\C/C=C\C/C=C\C/C=C\C/C=C\C/C=C\C/C=C\CC. The van der Waals surface area contributed by atoms with Crippen molar-refractivity contribution in [3.05, 3.63) is 194 Å². The smallest absolute Gasteiger partial charge is 0.306 e. The van der Waals surface area contributed by atoms with Gasteiger partial charge in [0, 0.05) is 19.3 Å². The number of carbonyl (C=O) groups is 3. The van der Waals surface area contributed by atoms with E-state index in [0.29, 0.717) is 19.3 Å². The lowest BCUT2D eigenvalue weighted by molar-refractivity contribution is -0.167. The molecule has 1 atom stereocenters. The number of unbranched alkanes of at least 4 members (excludes halogenated alkanes) is 13. The fourth-order valence-corrected chi connectivity index (χ4v) is 8.07. The molecule has 0 fully saturated rings. The molecule has 0 aliphatic carbocycles. The maximum atomic E-state index is 12.8. The zero-order valence-electron chi connectivity index (χ0n) is 52.2. The summed E-state index contributed by atoms with van der Waals surface area (Å²) in [4.78, 5) is 38.0. The summed E-state index contributed by atoms with van der Waals surface area (Å²) in [5.41, 5.74) is 0. The van der Waals surface area contributed by atoms with Crippen molar-refractivity contribution in [1.82, 2.24) is 0 Å². The Morgan fingerprint density at radius 3 is 0.780 bits per heavy atom. The van der Waals surface area contributed by atoms with Crippen LogP contribution in [-0.4, -0.2) is 37.2 Å². The number of hydrogen-bond acceptors (Lipinski definition) is 6. The number of hydrogen-bond donors (Lipinski definition) is 0. The van der Waals surface area contributed by atoms with Gasteiger partial charge in [0.1, 0.15) is 13.2 Å². The summed E-state index contributed by atoms with van der Waals surface area (Å²) in [7, 11) is 0. The molecule has 1 unspecified atom stereocenters. The molecule has 6 nitrogen and oxygen atoms in total. The Hall–Kier alpha value is -5.75. The van der Waals surface area contributed by atoms with Crippen molar-refractivity contribution in [1.29, 1.82) is 0 Å². The zero-order valence-corrected chi connectivity index (χ0v) is 52.2. The molecule has 0 aromatic heterocycles. The monoisotopic (exact) mass is 1120 g/mol. The standard InChI is InChI=1S/C76H116O6/c1-4-7-10-13-16-18-20-22-24-26-28-30-32-33-34-35-36-37-38-39-40-41-42-43-45-46-48-50-52-54-56-58-60-63-66-69-75(78)81-72-73(71-80-74(77)68-65-62-15-12-9-6-3)82-76(79)70-67-64-61-59-57-55-53-51-49-47-44-31-29-27-25-23-21-19-17-14-11-8-5-2/h7-8,10-11,16-19,22-25,28-31,33-34,36-37,39-40,42-43,46-49,53,55,59,61,73H,4-6,9,12-15,20-21,26-27,32,35,38,41,44-45,50-52,54,56-58,60,62-72H2,1-3H3/b10-7-,11-8-,18-16-,19-17-,24-22-,25-23-,30-28-,31-29-,34-33-,37-36-,40-39-,43-42-,48-46-,49-47-,55-53-,61-59-. The lowest BCUT2D eigenvalue weighted by Gasteiger charge is -2.18. The first-order chi connectivity index (χ1) is 40.5. The molecule has 0 radical (unpaired) electrons. The van der Waals surface area contributed by atoms with Crippen LogP contribution < -0.4 is 0 Å². The van der Waals surface area contributed by atoms with Crippen LogP contribution in [0.15, 0.2) is 194 Å². The highest BCUT2D eigenvalue weighted by Gasteiger charge is 2.19. The van der Waals surface area contributed by atoms with Gasteiger partial charge in [0.15, 0.2) is 6.10 Å². The van der Waals surface area contributed by atoms with Gasteiger partial charge < -0.3 is 14.2 Å². The molecule has 0 aliphatic heterocycles. The van der Waals surface area contributed by atoms with Crippen molar-refractivity contribution in [2.24, 2.45) is 0 Å². The lowest BCUT2D eigenvalue weighted by atomic mass is 10.1. The average molecular weight is 1130 g/mol. The Morgan fingerprint density at radius 1 is 0.256 bits per heavy atom. The first-order valence-electron chi connectivity index (χ1n) is 32.4. The molecule has 0 saturated carbocycles. The molecular formula is C76H116O6. The number of esters is 3. The Labute approximate surface area is 503 Å². The minimum Gasteiger partial charge on any atom is -0.462 e. The highest BCUT2D eigenvalue weighted by Crippen LogP contribution is 2.13. The first kappa shape index (κ1) is 76.2. The minimum atomic E-state index is -0.821. The van der Waals surface area contributed by atoms with Gasteiger partial charge in [-0.05, 0) is 141 Å². The fourth-order valence-electron chi connectivity index (χ4n) is 8.07. The summed E-state index contributed by atoms with van der Waals surface area (Å²) in [6, 6.07) is 0. The largest absolute Gasteiger partial charge is 0.462 e. The van der Waals surface area contributed by atoms with Crippen LogP contribution in [0.3, 0.4) is 0 Å². The molecular weight excluding hydrogens is 1010 g/mol. The summed E-state index contributed by atoms with van der Waals surface area (Å²) in [5.74, 6) is -1.01. The molecule has 0 aromatic carbocycles. The summed E-state index contributed by atoms with van der Waals surface area (Å²) in [6.45, 7) is 6.27. The molecule has 0 spiro atoms. The van der Waals surface area contributed by atoms with E-state index in [9.17, 15) is 14.4 Å². The Balaban J connectivity index is 4.24. The van der Waals surface area contributed by atoms with E-state index < -0.39 is 6.10 Å². The van der Waals surface area contributed by atoms with E-state index >= 15 is 0 Å². The Kier molecular flexibility index (Phi) is 63.0. The molecule has 0 aromatic rings. The molecule has 0 aliphatic rings. The van der Waals surface area contributed by atoms with Crippen molar-refractivity contribution in [2.75, 3.05) is 13.2 Å². The van der Waals surface area contributed by atoms with Gasteiger partial charge in [0.05, 0.1) is 0 Å². The zero-order chi connectivity index (χ0) is 59.2. The highest BCUT2D eigenvalue weighted by molar-refractivity contribution is 5.71. The highest BCUT2D eigenvalue weighted by atomic mass is 16.6. The van der Waals surface area contributed by atoms with E-state index in [1.165, 1.54) is 38.5 Å². The van der Waals surface area contributed by atoms with Crippen LogP contribution in [0.25, 0.3) is 0 Å². The molecule has 0 saturated heterocycles. The maximum absolute atomic E-state index is 12.8. The van der Waals surface area contributed by atoms with E-state index in [2.05, 4.69) is 215 Å². The molecule has 456 valence electrons. The van der Waals surface area contributed by atoms with Gasteiger partial charge in [-0.2, -0.15) is 0 Å². The number of allylic oxidation sites excluding steroid dienone is 32. The first-order valence-corrected chi connectivity index (χ1v) is 32.4. The summed E-state index contributed by atoms with van der Waals surface area (Å²) >= 11 is 0. The second-order valence-corrected chi connectivity index (χ2v) is 20.6. The molecule has 0 amide bonds. The minimum absolute atomic E-state index is 0.114. The van der Waals surface area contributed by atoms with Gasteiger partial charge in [-0.3, -0.25) is 14.4 Å². The number of ether oxygens (including phenoxy) is 3. The summed E-state index contributed by atoms with van der Waals surface area (Å²) in [5, 5.41) is 0. The van der Waals surface area contributed by atoms with Crippen molar-refractivity contribution >= 4 is 17.9 Å². The molecule has 0 heterocycles. The van der Waals surface area contributed by atoms with Crippen LogP contribution in [0.1, 0.15) is 245 Å². The van der Waals surface area contributed by atoms with Crippen LogP contribution in [-0.2, 0) is 28.6 Å². The molecule has 0 rings (SSSR count). The summed E-state index contributed by atoms with van der Waals surface area (Å²) < 4.78 is 16.7. The number of carbonyl (C=O) groups excluding carboxylic acids is 3. The molecule has 0 N–H and O–H groups in total. The van der Waals surface area contributed by atoms with E-state index in [1.807, 2.05) is 0 Å². The molecule has 0 bridgehead atoms. The second kappa shape index (κ2) is 67.8. The maximum Gasteiger partial charge on any atom is 0.306 e. The lowest BCUT2D eigenvalue weighted by Crippen LogP contribution is -2.30. The van der Waals surface area contributed by atoms with Crippen LogP contribution in [0.2, 0.25) is 0 Å². The van der Waals surface area contributed by atoms with Crippen LogP contribution in [0.4, 0.5) is 0 Å². The second-order valence-electron chi connectivity index (χ2n) is 20.6. The van der Waals surface area contributed by atoms with Gasteiger partial charge in [-0.1, -0.05) is 279 Å². The van der Waals surface area contributed by atoms with Gasteiger partial charge in [0.25, 0.3) is 0 Å². The van der Waals surface area contributed by atoms with Crippen molar-refractivity contribution in [2.45, 2.75) is 252 Å². The van der Waals surface area contributed by atoms with Gasteiger partial charge >= 0.3 is 17.9 Å². The quantitative estimate of drug-likeness (QED) is 0.0261. The van der Waals surface area contributed by atoms with Gasteiger partial charge in [0.2, 0.25) is 0 Å². The van der Waals surface area contributed by atoms with E-state index in [4.69, 9.17) is 14.2 Å². The Bertz CT molecular complexity index is 1970. The van der Waals surface area contributed by atoms with Crippen LogP contribution >= 0.6 is 0 Å². The average Bonchev–Trinajstić information content (AvgIpc) is 3.47. The van der Waals surface area contributed by atoms with Crippen molar-refractivity contribution < 1.29 is 28.6 Å². The van der Waals surface area contributed by atoms with E-state index in [1.54, 1.807) is 0 Å². The number of rotatable bonds is 56.